The van der Waals surface area contributed by atoms with Crippen LogP contribution < -0.4 is 5.32 Å². The van der Waals surface area contributed by atoms with Gasteiger partial charge in [-0.05, 0) is 37.5 Å². The van der Waals surface area contributed by atoms with Crippen molar-refractivity contribution in [1.29, 1.82) is 0 Å². The Morgan fingerprint density at radius 3 is 2.86 bits per heavy atom. The maximum atomic E-state index is 12.2. The lowest BCUT2D eigenvalue weighted by atomic mass is 9.94. The van der Waals surface area contributed by atoms with Crippen LogP contribution >= 0.6 is 11.3 Å². The molecule has 22 heavy (non-hydrogen) atoms. The van der Waals surface area contributed by atoms with E-state index in [1.165, 1.54) is 23.7 Å². The van der Waals surface area contributed by atoms with E-state index in [0.717, 1.165) is 24.0 Å². The van der Waals surface area contributed by atoms with Gasteiger partial charge >= 0.3 is 0 Å². The first-order valence-electron chi connectivity index (χ1n) is 7.00. The molecule has 1 aliphatic carbocycles. The first-order chi connectivity index (χ1) is 10.4. The number of rotatable bonds is 3. The second kappa shape index (κ2) is 5.81. The largest absolute Gasteiger partial charge is 0.302 e. The summed E-state index contributed by atoms with van der Waals surface area (Å²) >= 11 is 1.29. The SMILES string of the molecule is CS(=O)(=O)c1ccc2nc(NC(=O)[C@H]3CC=CCC3)sc2c1. The average Bonchev–Trinajstić information content (AvgIpc) is 2.88. The molecular formula is C15H16N2O3S2. The first kappa shape index (κ1) is 15.2. The molecular weight excluding hydrogens is 320 g/mol. The Kier molecular flexibility index (Phi) is 4.01. The highest BCUT2D eigenvalue weighted by molar-refractivity contribution is 7.90. The Balaban J connectivity index is 1.83. The van der Waals surface area contributed by atoms with E-state index in [1.54, 1.807) is 12.1 Å². The molecule has 7 heteroatoms. The number of fused-ring (bicyclic) bond motifs is 1. The molecule has 0 unspecified atom stereocenters. The lowest BCUT2D eigenvalue weighted by Gasteiger charge is -2.15. The second-order valence-corrected chi connectivity index (χ2v) is 8.44. The molecule has 1 aliphatic rings. The zero-order valence-electron chi connectivity index (χ0n) is 12.1. The lowest BCUT2D eigenvalue weighted by Crippen LogP contribution is -2.23. The minimum absolute atomic E-state index is 0.0106. The summed E-state index contributed by atoms with van der Waals surface area (Å²) < 4.78 is 23.9. The van der Waals surface area contributed by atoms with E-state index in [2.05, 4.69) is 16.4 Å². The van der Waals surface area contributed by atoms with Crippen molar-refractivity contribution in [1.82, 2.24) is 4.98 Å². The van der Waals surface area contributed by atoms with Crippen molar-refractivity contribution < 1.29 is 13.2 Å². The van der Waals surface area contributed by atoms with E-state index >= 15 is 0 Å². The molecule has 0 saturated heterocycles. The molecule has 1 aromatic carbocycles. The van der Waals surface area contributed by atoms with Crippen molar-refractivity contribution in [3.8, 4) is 0 Å². The van der Waals surface area contributed by atoms with Crippen LogP contribution in [0.3, 0.4) is 0 Å². The van der Waals surface area contributed by atoms with Crippen LogP contribution in [0.15, 0.2) is 35.2 Å². The normalized spacial score (nSPS) is 18.5. The maximum Gasteiger partial charge on any atom is 0.229 e. The average molecular weight is 336 g/mol. The number of hydrogen-bond donors (Lipinski definition) is 1. The fourth-order valence-corrected chi connectivity index (χ4v) is 4.06. The van der Waals surface area contributed by atoms with Gasteiger partial charge in [0, 0.05) is 12.2 Å². The highest BCUT2D eigenvalue weighted by Crippen LogP contribution is 2.29. The lowest BCUT2D eigenvalue weighted by molar-refractivity contribution is -0.120. The minimum Gasteiger partial charge on any atom is -0.302 e. The third-order valence-electron chi connectivity index (χ3n) is 3.66. The van der Waals surface area contributed by atoms with Gasteiger partial charge in [-0.1, -0.05) is 23.5 Å². The third-order valence-corrected chi connectivity index (χ3v) is 5.70. The minimum atomic E-state index is -3.24. The molecule has 1 amide bonds. The van der Waals surface area contributed by atoms with Crippen LogP contribution in [0.2, 0.25) is 0 Å². The molecule has 1 N–H and O–H groups in total. The Morgan fingerprint density at radius 2 is 2.18 bits per heavy atom. The molecule has 1 atom stereocenters. The van der Waals surface area contributed by atoms with Gasteiger partial charge in [0.1, 0.15) is 0 Å². The van der Waals surface area contributed by atoms with Crippen LogP contribution in [-0.4, -0.2) is 25.6 Å². The van der Waals surface area contributed by atoms with E-state index < -0.39 is 9.84 Å². The number of allylic oxidation sites excluding steroid dienone is 2. The number of carbonyl (C=O) groups is 1. The monoisotopic (exact) mass is 336 g/mol. The Morgan fingerprint density at radius 1 is 1.36 bits per heavy atom. The fourth-order valence-electron chi connectivity index (χ4n) is 2.43. The number of amides is 1. The zero-order valence-corrected chi connectivity index (χ0v) is 13.7. The summed E-state index contributed by atoms with van der Waals surface area (Å²) in [7, 11) is -3.24. The second-order valence-electron chi connectivity index (χ2n) is 5.39. The molecule has 0 saturated carbocycles. The predicted octanol–water partition coefficient (Wildman–Crippen LogP) is 2.99. The number of aromatic nitrogens is 1. The highest BCUT2D eigenvalue weighted by Gasteiger charge is 2.20. The van der Waals surface area contributed by atoms with Crippen molar-refractivity contribution >= 4 is 42.4 Å². The Labute approximate surface area is 133 Å². The summed E-state index contributed by atoms with van der Waals surface area (Å²) in [5.41, 5.74) is 0.691. The Bertz CT molecular complexity index is 853. The van der Waals surface area contributed by atoms with Crippen molar-refractivity contribution in [3.05, 3.63) is 30.4 Å². The van der Waals surface area contributed by atoms with Gasteiger partial charge in [-0.25, -0.2) is 13.4 Å². The van der Waals surface area contributed by atoms with Crippen molar-refractivity contribution in [2.24, 2.45) is 5.92 Å². The van der Waals surface area contributed by atoms with Crippen LogP contribution in [0.25, 0.3) is 10.2 Å². The molecule has 0 radical (unpaired) electrons. The van der Waals surface area contributed by atoms with Crippen LogP contribution in [0.1, 0.15) is 19.3 Å². The molecule has 116 valence electrons. The molecule has 1 heterocycles. The van der Waals surface area contributed by atoms with Crippen molar-refractivity contribution in [2.45, 2.75) is 24.2 Å². The van der Waals surface area contributed by atoms with Crippen molar-refractivity contribution in [3.63, 3.8) is 0 Å². The summed E-state index contributed by atoms with van der Waals surface area (Å²) in [6, 6.07) is 4.80. The van der Waals surface area contributed by atoms with E-state index in [4.69, 9.17) is 0 Å². The quantitative estimate of drug-likeness (QED) is 0.874. The highest BCUT2D eigenvalue weighted by atomic mass is 32.2. The van der Waals surface area contributed by atoms with Gasteiger partial charge in [0.25, 0.3) is 0 Å². The molecule has 2 aromatic rings. The number of thiazole rings is 1. The number of anilines is 1. The number of nitrogens with zero attached hydrogens (tertiary/aromatic N) is 1. The van der Waals surface area contributed by atoms with Crippen LogP contribution in [0.4, 0.5) is 5.13 Å². The van der Waals surface area contributed by atoms with Gasteiger partial charge < -0.3 is 5.32 Å². The van der Waals surface area contributed by atoms with Gasteiger partial charge in [0.05, 0.1) is 15.1 Å². The van der Waals surface area contributed by atoms with E-state index in [0.29, 0.717) is 10.6 Å². The molecule has 5 nitrogen and oxygen atoms in total. The number of sulfone groups is 1. The zero-order chi connectivity index (χ0) is 15.7. The van der Waals surface area contributed by atoms with Gasteiger partial charge in [-0.2, -0.15) is 0 Å². The van der Waals surface area contributed by atoms with E-state index in [-0.39, 0.29) is 16.7 Å². The molecule has 0 fully saturated rings. The predicted molar refractivity (Wildman–Crippen MR) is 87.8 cm³/mol. The molecule has 0 aliphatic heterocycles. The summed E-state index contributed by atoms with van der Waals surface area (Å²) in [5.74, 6) is -0.0321. The van der Waals surface area contributed by atoms with E-state index in [1.807, 2.05) is 6.08 Å². The Hall–Kier alpha value is -1.73. The fraction of sp³-hybridized carbons (Fsp3) is 0.333. The van der Waals surface area contributed by atoms with Crippen LogP contribution in [0.5, 0.6) is 0 Å². The van der Waals surface area contributed by atoms with Gasteiger partial charge in [-0.15, -0.1) is 0 Å². The smallest absolute Gasteiger partial charge is 0.229 e. The van der Waals surface area contributed by atoms with Gasteiger partial charge in [0.15, 0.2) is 15.0 Å². The molecule has 0 bridgehead atoms. The van der Waals surface area contributed by atoms with Crippen molar-refractivity contribution in [2.75, 3.05) is 11.6 Å². The summed E-state index contributed by atoms with van der Waals surface area (Å²) in [6.07, 6.45) is 7.84. The number of carbonyl (C=O) groups excluding carboxylic acids is 1. The molecule has 0 spiro atoms. The van der Waals surface area contributed by atoms with Crippen LogP contribution in [-0.2, 0) is 14.6 Å². The first-order valence-corrected chi connectivity index (χ1v) is 9.71. The van der Waals surface area contributed by atoms with Gasteiger partial charge in [0.2, 0.25) is 5.91 Å². The summed E-state index contributed by atoms with van der Waals surface area (Å²) in [5, 5.41) is 3.36. The summed E-state index contributed by atoms with van der Waals surface area (Å²) in [6.45, 7) is 0. The maximum absolute atomic E-state index is 12.2. The van der Waals surface area contributed by atoms with Gasteiger partial charge in [-0.3, -0.25) is 4.79 Å². The number of benzene rings is 1. The number of hydrogen-bond acceptors (Lipinski definition) is 5. The number of nitrogens with one attached hydrogen (secondary N) is 1. The van der Waals surface area contributed by atoms with E-state index in [9.17, 15) is 13.2 Å². The third kappa shape index (κ3) is 3.20. The molecule has 3 rings (SSSR count). The molecule has 1 aromatic heterocycles. The van der Waals surface area contributed by atoms with Crippen LogP contribution in [0, 0.1) is 5.92 Å². The summed E-state index contributed by atoms with van der Waals surface area (Å²) in [4.78, 5) is 16.8. The standard InChI is InChI=1S/C15H16N2O3S2/c1-22(19,20)11-7-8-12-13(9-11)21-15(16-12)17-14(18)10-5-3-2-4-6-10/h2-3,7-10H,4-6H2,1H3,(H,16,17,18)/t10-/m0/s1. The topological polar surface area (TPSA) is 76.1 Å².